The van der Waals surface area contributed by atoms with Crippen LogP contribution in [-0.2, 0) is 33.3 Å². The molecule has 2 heterocycles. The van der Waals surface area contributed by atoms with E-state index >= 15 is 0 Å². The zero-order valence-electron chi connectivity index (χ0n) is 31.5. The summed E-state index contributed by atoms with van der Waals surface area (Å²) >= 11 is 0. The van der Waals surface area contributed by atoms with E-state index < -0.39 is 29.9 Å². The molecule has 0 amide bonds. The number of likely N-dealkylation sites (N-methyl/N-ethyl adjacent to an activating group) is 1. The third-order valence-corrected chi connectivity index (χ3v) is 16.0. The number of ether oxygens (including phenoxy) is 4. The Bertz CT molecular complexity index is 1290. The first-order valence-electron chi connectivity index (χ1n) is 19.1. The number of aliphatic hydroxyl groups is 2. The largest absolute Gasteiger partial charge is 0.457 e. The Balaban J connectivity index is 0.00000134. The molecule has 2 saturated heterocycles. The van der Waals surface area contributed by atoms with E-state index in [1.54, 1.807) is 13.8 Å². The van der Waals surface area contributed by atoms with Crippen molar-refractivity contribution in [3.63, 3.8) is 0 Å². The summed E-state index contributed by atoms with van der Waals surface area (Å²) in [6.45, 7) is 22.7. The van der Waals surface area contributed by atoms with E-state index in [9.17, 15) is 15.0 Å². The number of hydrogen-bond acceptors (Lipinski definition) is 10. The first-order chi connectivity index (χ1) is 22.9. The second kappa shape index (κ2) is 12.6. The minimum Gasteiger partial charge on any atom is -0.457 e. The Hall–Kier alpha value is -1.39. The van der Waals surface area contributed by atoms with Crippen LogP contribution < -0.4 is 0 Å². The summed E-state index contributed by atoms with van der Waals surface area (Å²) in [7, 11) is 0. The molecule has 14 atom stereocenters. The highest BCUT2D eigenvalue weighted by atomic mass is 16.7. The number of nitrogens with zero attached hydrogens (tertiary/aromatic N) is 1. The SMILES string of the molecule is CCN1CCO[C@@H](O[C@H]2CC[C@]34C[C@]35CC[C@]3(C)[C@@H]6C(OC([C@H](OC(C)=O)C(C)(C)O)C[C@H]6C)[C@H](O)[C@@]3(C)C5CC[C@H]4C2(C)C)C1.O=C=O. The van der Waals surface area contributed by atoms with Crippen LogP contribution in [0.15, 0.2) is 0 Å². The van der Waals surface area contributed by atoms with Gasteiger partial charge in [0.05, 0.1) is 36.6 Å². The monoisotopic (exact) mass is 689 g/mol. The molecule has 0 radical (unpaired) electrons. The third-order valence-electron chi connectivity index (χ3n) is 16.0. The summed E-state index contributed by atoms with van der Waals surface area (Å²) in [5.74, 6) is 1.16. The molecular formula is C39H63NO9. The lowest BCUT2D eigenvalue weighted by atomic mass is 9.41. The van der Waals surface area contributed by atoms with Gasteiger partial charge in [-0.2, -0.15) is 9.59 Å². The number of rotatable bonds is 6. The Labute approximate surface area is 293 Å². The molecule has 7 aliphatic rings. The van der Waals surface area contributed by atoms with Crippen LogP contribution >= 0.6 is 0 Å². The molecule has 0 aromatic rings. The summed E-state index contributed by atoms with van der Waals surface area (Å²) < 4.78 is 25.5. The zero-order valence-corrected chi connectivity index (χ0v) is 31.5. The van der Waals surface area contributed by atoms with Crippen LogP contribution in [0.4, 0.5) is 0 Å². The molecule has 2 spiro atoms. The van der Waals surface area contributed by atoms with Gasteiger partial charge >= 0.3 is 12.1 Å². The molecule has 7 fully saturated rings. The third kappa shape index (κ3) is 5.44. The molecule has 5 saturated carbocycles. The summed E-state index contributed by atoms with van der Waals surface area (Å²) in [5, 5.41) is 23.6. The summed E-state index contributed by atoms with van der Waals surface area (Å²) in [5.41, 5.74) is -0.876. The van der Waals surface area contributed by atoms with Crippen molar-refractivity contribution >= 4 is 12.1 Å². The van der Waals surface area contributed by atoms with Gasteiger partial charge in [-0.1, -0.05) is 41.5 Å². The van der Waals surface area contributed by atoms with Crippen molar-refractivity contribution < 1.29 is 43.5 Å². The first kappa shape index (κ1) is 37.4. The summed E-state index contributed by atoms with van der Waals surface area (Å²) in [6.07, 6.45) is 7.15. The molecule has 10 nitrogen and oxygen atoms in total. The predicted octanol–water partition coefficient (Wildman–Crippen LogP) is 4.98. The molecule has 2 N–H and O–H groups in total. The normalized spacial score (nSPS) is 48.9. The minimum absolute atomic E-state index is 0.0427. The molecule has 49 heavy (non-hydrogen) atoms. The van der Waals surface area contributed by atoms with Gasteiger partial charge in [-0.05, 0) is 117 Å². The fourth-order valence-corrected chi connectivity index (χ4v) is 13.8. The number of hydrogen-bond donors (Lipinski definition) is 2. The van der Waals surface area contributed by atoms with E-state index in [4.69, 9.17) is 28.5 Å². The van der Waals surface area contributed by atoms with E-state index in [1.165, 1.54) is 32.6 Å². The summed E-state index contributed by atoms with van der Waals surface area (Å²) in [6, 6.07) is 0. The maximum atomic E-state index is 12.5. The van der Waals surface area contributed by atoms with Crippen LogP contribution in [0.25, 0.3) is 0 Å². The van der Waals surface area contributed by atoms with Crippen molar-refractivity contribution in [1.29, 1.82) is 0 Å². The Morgan fingerprint density at radius 2 is 1.71 bits per heavy atom. The van der Waals surface area contributed by atoms with Gasteiger partial charge in [0.1, 0.15) is 0 Å². The molecular weight excluding hydrogens is 626 g/mol. The molecule has 7 rings (SSSR count). The Kier molecular flexibility index (Phi) is 9.63. The van der Waals surface area contributed by atoms with Crippen molar-refractivity contribution in [3.8, 4) is 0 Å². The maximum Gasteiger partial charge on any atom is 0.373 e. The smallest absolute Gasteiger partial charge is 0.373 e. The molecule has 0 aromatic heterocycles. The lowest BCUT2D eigenvalue weighted by Gasteiger charge is -2.64. The average molecular weight is 690 g/mol. The fourth-order valence-electron chi connectivity index (χ4n) is 13.8. The van der Waals surface area contributed by atoms with Gasteiger partial charge in [0.2, 0.25) is 0 Å². The van der Waals surface area contributed by atoms with Crippen LogP contribution in [0.5, 0.6) is 0 Å². The van der Waals surface area contributed by atoms with Crippen LogP contribution in [0.3, 0.4) is 0 Å². The molecule has 5 aliphatic carbocycles. The number of morpholine rings is 1. The van der Waals surface area contributed by atoms with E-state index in [1.807, 2.05) is 0 Å². The molecule has 3 unspecified atom stereocenters. The van der Waals surface area contributed by atoms with Gasteiger partial charge in [0.15, 0.2) is 12.4 Å². The number of carbonyl (C=O) groups is 1. The molecule has 278 valence electrons. The van der Waals surface area contributed by atoms with Crippen LogP contribution in [0.1, 0.15) is 114 Å². The average Bonchev–Trinajstić information content (AvgIpc) is 3.66. The van der Waals surface area contributed by atoms with Crippen molar-refractivity contribution in [2.24, 2.45) is 50.7 Å². The van der Waals surface area contributed by atoms with E-state index in [0.717, 1.165) is 45.5 Å². The zero-order chi connectivity index (χ0) is 35.9. The predicted molar refractivity (Wildman–Crippen MR) is 180 cm³/mol. The number of aliphatic hydroxyl groups excluding tert-OH is 1. The fraction of sp³-hybridized carbons (Fsp3) is 0.949. The topological polar surface area (TPSA) is 132 Å². The number of carbonyl (C=O) groups excluding carboxylic acids is 3. The number of fused-ring (bicyclic) bond motifs is 4. The van der Waals surface area contributed by atoms with Crippen LogP contribution in [-0.4, -0.2) is 95.9 Å². The van der Waals surface area contributed by atoms with Gasteiger partial charge in [0.25, 0.3) is 0 Å². The second-order valence-corrected chi connectivity index (χ2v) is 18.6. The standard InChI is InChI=1S/C38H63NO7.CO2/c1-10-39-17-18-43-28(20-39)46-27-13-14-37-21-38(37)16-15-35(8)29-22(2)19-24(32(34(6,7)42)44-23(3)40)45-30(29)31(41)36(35,9)26(38)12-11-25(37)33(27,4)5;2-1-3/h22,24-32,41-42H,10-21H2,1-9H3;/t22-,24?,25+,26?,27+,28+,29+,30?,31+,32+,35-,36-,37-,38+;/m1./s1. The van der Waals surface area contributed by atoms with Gasteiger partial charge in [-0.25, -0.2) is 0 Å². The molecule has 10 heteroatoms. The van der Waals surface area contributed by atoms with Crippen molar-refractivity contribution in [1.82, 2.24) is 4.90 Å². The van der Waals surface area contributed by atoms with Crippen molar-refractivity contribution in [2.45, 2.75) is 156 Å². The highest BCUT2D eigenvalue weighted by Crippen LogP contribution is 2.89. The minimum atomic E-state index is -1.25. The Morgan fingerprint density at radius 3 is 2.35 bits per heavy atom. The van der Waals surface area contributed by atoms with E-state index in [-0.39, 0.29) is 58.1 Å². The van der Waals surface area contributed by atoms with E-state index in [2.05, 4.69) is 46.4 Å². The van der Waals surface area contributed by atoms with Gasteiger partial charge in [0, 0.05) is 25.4 Å². The lowest BCUT2D eigenvalue weighted by Crippen LogP contribution is -2.60. The van der Waals surface area contributed by atoms with Gasteiger partial charge < -0.3 is 29.2 Å². The maximum absolute atomic E-state index is 12.5. The van der Waals surface area contributed by atoms with Crippen LogP contribution in [0, 0.1) is 50.7 Å². The number of esters is 1. The van der Waals surface area contributed by atoms with Gasteiger partial charge in [-0.15, -0.1) is 0 Å². The Morgan fingerprint density at radius 1 is 1.06 bits per heavy atom. The van der Waals surface area contributed by atoms with Crippen molar-refractivity contribution in [2.75, 3.05) is 26.2 Å². The molecule has 0 aromatic carbocycles. The first-order valence-corrected chi connectivity index (χ1v) is 19.1. The van der Waals surface area contributed by atoms with E-state index in [0.29, 0.717) is 23.7 Å². The van der Waals surface area contributed by atoms with Crippen LogP contribution in [0.2, 0.25) is 0 Å². The van der Waals surface area contributed by atoms with Gasteiger partial charge in [-0.3, -0.25) is 9.69 Å². The van der Waals surface area contributed by atoms with Crippen molar-refractivity contribution in [3.05, 3.63) is 0 Å². The molecule has 2 aliphatic heterocycles. The lowest BCUT2D eigenvalue weighted by molar-refractivity contribution is -0.248. The molecule has 0 bridgehead atoms. The highest BCUT2D eigenvalue weighted by Gasteiger charge is 2.84. The highest BCUT2D eigenvalue weighted by molar-refractivity contribution is 5.66. The quantitative estimate of drug-likeness (QED) is 0.368. The second-order valence-electron chi connectivity index (χ2n) is 18.6. The summed E-state index contributed by atoms with van der Waals surface area (Å²) in [4.78, 5) is 30.8.